The monoisotopic (exact) mass is 505 g/mol. The summed E-state index contributed by atoms with van der Waals surface area (Å²) in [5.74, 6) is 4.17. The molecule has 0 atom stereocenters. The van der Waals surface area contributed by atoms with Gasteiger partial charge in [0, 0.05) is 11.4 Å². The summed E-state index contributed by atoms with van der Waals surface area (Å²) < 4.78 is 20.8. The van der Waals surface area contributed by atoms with Crippen LogP contribution in [0.4, 0.5) is 9.18 Å². The molecule has 12 heteroatoms. The van der Waals surface area contributed by atoms with E-state index in [4.69, 9.17) is 10.6 Å². The van der Waals surface area contributed by atoms with Crippen molar-refractivity contribution in [3.8, 4) is 5.69 Å². The minimum atomic E-state index is -0.611. The number of nitrogens with one attached hydrogen (secondary N) is 1. The second kappa shape index (κ2) is 9.35. The molecule has 0 bridgehead atoms. The fourth-order valence-electron chi connectivity index (χ4n) is 3.62. The number of ether oxygens (including phenoxy) is 1. The molecule has 0 unspecified atom stereocenters. The molecule has 0 fully saturated rings. The zero-order valence-corrected chi connectivity index (χ0v) is 20.5. The maximum atomic E-state index is 14.0. The Morgan fingerprint density at radius 3 is 2.79 bits per heavy atom. The van der Waals surface area contributed by atoms with Crippen molar-refractivity contribution in [2.45, 2.75) is 44.5 Å². The highest BCUT2D eigenvalue weighted by atomic mass is 32.2. The number of carbonyl (C=O) groups is 2. The third kappa shape index (κ3) is 4.93. The molecule has 1 aliphatic rings. The number of fused-ring (bicyclic) bond motifs is 3. The lowest BCUT2D eigenvalue weighted by atomic mass is 10.1. The molecule has 1 aromatic carbocycles. The van der Waals surface area contributed by atoms with Crippen LogP contribution < -0.4 is 16.8 Å². The Hall–Kier alpha value is -2.96. The van der Waals surface area contributed by atoms with Crippen molar-refractivity contribution in [2.24, 2.45) is 5.84 Å². The number of hydrazine groups is 1. The predicted octanol–water partition coefficient (Wildman–Crippen LogP) is 2.96. The summed E-state index contributed by atoms with van der Waals surface area (Å²) in [5.41, 5.74) is 2.22. The maximum Gasteiger partial charge on any atom is 0.410 e. The van der Waals surface area contributed by atoms with Gasteiger partial charge < -0.3 is 9.64 Å². The number of nitrogens with zero attached hydrogens (tertiary/aromatic N) is 3. The van der Waals surface area contributed by atoms with Gasteiger partial charge >= 0.3 is 6.09 Å². The van der Waals surface area contributed by atoms with Gasteiger partial charge in [0.2, 0.25) is 5.91 Å². The van der Waals surface area contributed by atoms with Gasteiger partial charge in [-0.2, -0.15) is 0 Å². The molecule has 0 saturated carbocycles. The lowest BCUT2D eigenvalue weighted by Crippen LogP contribution is -2.39. The topological polar surface area (TPSA) is 120 Å². The second-order valence-corrected chi connectivity index (χ2v) is 10.7. The summed E-state index contributed by atoms with van der Waals surface area (Å²) in [4.78, 5) is 45.5. The number of aromatic nitrogens is 2. The Morgan fingerprint density at radius 1 is 1.35 bits per heavy atom. The van der Waals surface area contributed by atoms with Crippen molar-refractivity contribution >= 4 is 45.3 Å². The highest BCUT2D eigenvalue weighted by Crippen LogP contribution is 2.34. The number of nitrogens with two attached hydrogens (primary N) is 1. The van der Waals surface area contributed by atoms with Gasteiger partial charge in [-0.1, -0.05) is 17.8 Å². The lowest BCUT2D eigenvalue weighted by Gasteiger charge is -2.29. The highest BCUT2D eigenvalue weighted by Gasteiger charge is 2.30. The van der Waals surface area contributed by atoms with Crippen molar-refractivity contribution in [1.29, 1.82) is 0 Å². The molecular weight excluding hydrogens is 481 g/mol. The van der Waals surface area contributed by atoms with Crippen LogP contribution in [-0.4, -0.2) is 44.4 Å². The minimum absolute atomic E-state index is 0.0682. The van der Waals surface area contributed by atoms with Crippen molar-refractivity contribution < 1.29 is 18.7 Å². The molecular formula is C22H24FN5O4S2. The number of amides is 2. The Kier molecular flexibility index (Phi) is 6.65. The number of rotatable bonds is 4. The zero-order chi connectivity index (χ0) is 24.6. The average Bonchev–Trinajstić information content (AvgIpc) is 3.14. The molecule has 0 radical (unpaired) electrons. The zero-order valence-electron chi connectivity index (χ0n) is 18.9. The summed E-state index contributed by atoms with van der Waals surface area (Å²) in [6.07, 6.45) is 0.0567. The van der Waals surface area contributed by atoms with Crippen LogP contribution >= 0.6 is 23.1 Å². The molecule has 2 amide bonds. The predicted molar refractivity (Wildman–Crippen MR) is 129 cm³/mol. The number of benzene rings is 1. The van der Waals surface area contributed by atoms with Crippen LogP contribution in [0, 0.1) is 5.82 Å². The quantitative estimate of drug-likeness (QED) is 0.184. The smallest absolute Gasteiger partial charge is 0.410 e. The first-order chi connectivity index (χ1) is 16.1. The van der Waals surface area contributed by atoms with Crippen molar-refractivity contribution in [2.75, 3.05) is 12.3 Å². The number of hydrogen-bond donors (Lipinski definition) is 2. The molecule has 0 aliphatic carbocycles. The first-order valence-corrected chi connectivity index (χ1v) is 12.3. The number of thioether (sulfide) groups is 1. The van der Waals surface area contributed by atoms with Crippen molar-refractivity contribution in [3.05, 3.63) is 50.9 Å². The first-order valence-electron chi connectivity index (χ1n) is 10.5. The molecule has 0 saturated heterocycles. The fourth-order valence-corrected chi connectivity index (χ4v) is 5.72. The Bertz CT molecular complexity index is 1330. The van der Waals surface area contributed by atoms with Crippen LogP contribution in [0.2, 0.25) is 0 Å². The Labute approximate surface area is 203 Å². The molecule has 3 N–H and O–H groups in total. The van der Waals surface area contributed by atoms with Gasteiger partial charge in [-0.3, -0.25) is 19.6 Å². The summed E-state index contributed by atoms with van der Waals surface area (Å²) in [6.45, 7) is 6.14. The number of thiophene rings is 1. The number of halogens is 1. The van der Waals surface area contributed by atoms with Gasteiger partial charge in [-0.25, -0.2) is 20.0 Å². The molecule has 2 aromatic heterocycles. The highest BCUT2D eigenvalue weighted by molar-refractivity contribution is 7.99. The van der Waals surface area contributed by atoms with E-state index in [1.807, 2.05) is 26.2 Å². The van der Waals surface area contributed by atoms with E-state index in [0.717, 1.165) is 22.2 Å². The number of hydrogen-bond acceptors (Lipinski definition) is 8. The minimum Gasteiger partial charge on any atom is -0.444 e. The summed E-state index contributed by atoms with van der Waals surface area (Å²) in [7, 11) is 0. The van der Waals surface area contributed by atoms with Gasteiger partial charge in [-0.15, -0.1) is 11.3 Å². The van der Waals surface area contributed by atoms with Crippen LogP contribution in [0.3, 0.4) is 0 Å². The summed E-state index contributed by atoms with van der Waals surface area (Å²) >= 11 is 2.35. The average molecular weight is 506 g/mol. The molecule has 180 valence electrons. The van der Waals surface area contributed by atoms with Crippen LogP contribution in [0.25, 0.3) is 15.9 Å². The van der Waals surface area contributed by atoms with Gasteiger partial charge in [0.05, 0.1) is 23.4 Å². The van der Waals surface area contributed by atoms with Gasteiger partial charge in [0.15, 0.2) is 5.16 Å². The standard InChI is InChI=1S/C22H24FN5O4S2/c1-22(2,3)32-21(31)27-8-7-14-15(10-27)34-18-17(14)19(30)28(13-6-4-5-12(23)9-13)20(25-18)33-11-16(29)26-24/h4-6,9H,7-8,10-11,24H2,1-3H3,(H,26,29). The van der Waals surface area contributed by atoms with E-state index in [-0.39, 0.29) is 16.5 Å². The summed E-state index contributed by atoms with van der Waals surface area (Å²) in [5, 5.41) is 0.690. The van der Waals surface area contributed by atoms with Crippen molar-refractivity contribution in [3.63, 3.8) is 0 Å². The molecule has 1 aliphatic heterocycles. The Morgan fingerprint density at radius 2 is 2.12 bits per heavy atom. The molecule has 0 spiro atoms. The third-order valence-electron chi connectivity index (χ3n) is 5.06. The molecule has 34 heavy (non-hydrogen) atoms. The SMILES string of the molecule is CC(C)(C)OC(=O)N1CCc2c(sc3nc(SCC(=O)NN)n(-c4cccc(F)c4)c(=O)c23)C1. The molecule has 3 aromatic rings. The van der Waals surface area contributed by atoms with E-state index in [9.17, 15) is 18.8 Å². The first kappa shape index (κ1) is 24.2. The van der Waals surface area contributed by atoms with E-state index in [2.05, 4.69) is 4.98 Å². The van der Waals surface area contributed by atoms with Crippen LogP contribution in [-0.2, 0) is 22.5 Å². The van der Waals surface area contributed by atoms with E-state index < -0.39 is 23.4 Å². The van der Waals surface area contributed by atoms with Gasteiger partial charge in [-0.05, 0) is 51.0 Å². The van der Waals surface area contributed by atoms with Gasteiger partial charge in [0.1, 0.15) is 16.2 Å². The third-order valence-corrected chi connectivity index (χ3v) is 7.10. The molecule has 4 rings (SSSR count). The molecule has 9 nitrogen and oxygen atoms in total. The number of carbonyl (C=O) groups excluding carboxylic acids is 2. The normalized spacial score (nSPS) is 13.6. The second-order valence-electron chi connectivity index (χ2n) is 8.71. The largest absolute Gasteiger partial charge is 0.444 e. The maximum absolute atomic E-state index is 14.0. The fraction of sp³-hybridized carbons (Fsp3) is 0.364. The van der Waals surface area contributed by atoms with Crippen LogP contribution in [0.15, 0.2) is 34.2 Å². The van der Waals surface area contributed by atoms with E-state index in [1.165, 1.54) is 34.1 Å². The lowest BCUT2D eigenvalue weighted by molar-refractivity contribution is -0.118. The van der Waals surface area contributed by atoms with Crippen LogP contribution in [0.5, 0.6) is 0 Å². The summed E-state index contributed by atoms with van der Waals surface area (Å²) in [6, 6.07) is 5.64. The molecule has 3 heterocycles. The van der Waals surface area contributed by atoms with E-state index in [1.54, 1.807) is 11.0 Å². The van der Waals surface area contributed by atoms with E-state index in [0.29, 0.717) is 35.4 Å². The Balaban J connectivity index is 1.79. The van der Waals surface area contributed by atoms with E-state index >= 15 is 0 Å². The van der Waals surface area contributed by atoms with Crippen molar-refractivity contribution in [1.82, 2.24) is 19.9 Å². The van der Waals surface area contributed by atoms with Crippen LogP contribution in [0.1, 0.15) is 31.2 Å². The van der Waals surface area contributed by atoms with Gasteiger partial charge in [0.25, 0.3) is 5.56 Å².